The average Bonchev–Trinajstić information content (AvgIpc) is 3.43. The van der Waals surface area contributed by atoms with E-state index in [1.165, 1.54) is 0 Å². The first-order valence-electron chi connectivity index (χ1n) is 10.9. The zero-order chi connectivity index (χ0) is 22.8. The third-order valence-electron chi connectivity index (χ3n) is 6.09. The lowest BCUT2D eigenvalue weighted by Crippen LogP contribution is -2.14. The van der Waals surface area contributed by atoms with Crippen LogP contribution in [0.15, 0.2) is 97.5 Å². The number of fused-ring (bicyclic) bond motifs is 1. The summed E-state index contributed by atoms with van der Waals surface area (Å²) in [5, 5.41) is 2.86. The number of carbonyl (C=O) groups is 2. The Kier molecular flexibility index (Phi) is 5.45. The predicted octanol–water partition coefficient (Wildman–Crippen LogP) is 5.89. The molecular weight excluding hydrogens is 410 g/mol. The van der Waals surface area contributed by atoms with Crippen LogP contribution in [0, 0.1) is 0 Å². The van der Waals surface area contributed by atoms with Crippen molar-refractivity contribution in [3.63, 3.8) is 0 Å². The zero-order valence-corrected chi connectivity index (χ0v) is 18.2. The van der Waals surface area contributed by atoms with E-state index in [0.717, 1.165) is 28.1 Å². The maximum Gasteiger partial charge on any atom is 0.255 e. The number of ketones is 1. The number of para-hydroxylation sites is 1. The van der Waals surface area contributed by atoms with Crippen molar-refractivity contribution < 1.29 is 9.59 Å². The monoisotopic (exact) mass is 433 g/mol. The lowest BCUT2D eigenvalue weighted by Gasteiger charge is -2.18. The lowest BCUT2D eigenvalue weighted by molar-refractivity contribution is 0.0970. The van der Waals surface area contributed by atoms with E-state index in [2.05, 4.69) is 33.9 Å². The SMILES string of the molecule is CC1=C(c2ccccc2)C(CC(=O)c2ccc(C(=O)Nc3ccccc3)cc2)n2cncc21. The van der Waals surface area contributed by atoms with Gasteiger partial charge < -0.3 is 9.88 Å². The Morgan fingerprint density at radius 2 is 1.52 bits per heavy atom. The van der Waals surface area contributed by atoms with Crippen LogP contribution in [0.2, 0.25) is 0 Å². The van der Waals surface area contributed by atoms with Gasteiger partial charge in [-0.05, 0) is 47.9 Å². The summed E-state index contributed by atoms with van der Waals surface area (Å²) in [6.07, 6.45) is 3.97. The summed E-state index contributed by atoms with van der Waals surface area (Å²) in [6.45, 7) is 2.08. The number of Topliss-reactive ketones (excluding diaryl/α,β-unsaturated/α-hetero) is 1. The molecule has 33 heavy (non-hydrogen) atoms. The fourth-order valence-electron chi connectivity index (χ4n) is 4.42. The second-order valence-corrected chi connectivity index (χ2v) is 8.13. The van der Waals surface area contributed by atoms with Gasteiger partial charge in [0.2, 0.25) is 0 Å². The molecule has 1 N–H and O–H groups in total. The van der Waals surface area contributed by atoms with E-state index in [-0.39, 0.29) is 17.7 Å². The van der Waals surface area contributed by atoms with E-state index in [0.29, 0.717) is 17.5 Å². The molecule has 3 aromatic carbocycles. The van der Waals surface area contributed by atoms with Crippen LogP contribution in [0.4, 0.5) is 5.69 Å². The number of anilines is 1. The summed E-state index contributed by atoms with van der Waals surface area (Å²) in [5.41, 5.74) is 6.28. The number of nitrogens with one attached hydrogen (secondary N) is 1. The van der Waals surface area contributed by atoms with E-state index in [4.69, 9.17) is 0 Å². The van der Waals surface area contributed by atoms with E-state index in [1.54, 1.807) is 30.6 Å². The van der Waals surface area contributed by atoms with Crippen molar-refractivity contribution in [1.29, 1.82) is 0 Å². The van der Waals surface area contributed by atoms with Crippen molar-refractivity contribution in [2.75, 3.05) is 5.32 Å². The molecular formula is C28H23N3O2. The topological polar surface area (TPSA) is 64.0 Å². The molecule has 1 aromatic heterocycles. The fourth-order valence-corrected chi connectivity index (χ4v) is 4.42. The second kappa shape index (κ2) is 8.71. The molecule has 0 aliphatic carbocycles. The van der Waals surface area contributed by atoms with Crippen LogP contribution in [0.1, 0.15) is 51.4 Å². The molecule has 1 amide bonds. The van der Waals surface area contributed by atoms with Gasteiger partial charge in [0.15, 0.2) is 5.78 Å². The number of hydrogen-bond donors (Lipinski definition) is 1. The van der Waals surface area contributed by atoms with Crippen molar-refractivity contribution in [2.24, 2.45) is 0 Å². The van der Waals surface area contributed by atoms with Crippen LogP contribution in [-0.4, -0.2) is 21.2 Å². The Bertz CT molecular complexity index is 1340. The van der Waals surface area contributed by atoms with E-state index in [1.807, 2.05) is 54.7 Å². The number of carbonyl (C=O) groups excluding carboxylic acids is 2. The first-order valence-corrected chi connectivity index (χ1v) is 10.9. The van der Waals surface area contributed by atoms with Gasteiger partial charge in [-0.15, -0.1) is 0 Å². The first-order chi connectivity index (χ1) is 16.1. The maximum absolute atomic E-state index is 13.2. The summed E-state index contributed by atoms with van der Waals surface area (Å²) in [4.78, 5) is 30.0. The highest BCUT2D eigenvalue weighted by atomic mass is 16.1. The highest BCUT2D eigenvalue weighted by Crippen LogP contribution is 2.44. The summed E-state index contributed by atoms with van der Waals surface area (Å²) < 4.78 is 2.08. The summed E-state index contributed by atoms with van der Waals surface area (Å²) in [5.74, 6) is -0.179. The minimum atomic E-state index is -0.205. The van der Waals surface area contributed by atoms with Crippen LogP contribution in [0.25, 0.3) is 11.1 Å². The number of benzene rings is 3. The number of amides is 1. The smallest absolute Gasteiger partial charge is 0.255 e. The predicted molar refractivity (Wildman–Crippen MR) is 130 cm³/mol. The van der Waals surface area contributed by atoms with Crippen LogP contribution in [0.3, 0.4) is 0 Å². The molecule has 5 heteroatoms. The van der Waals surface area contributed by atoms with Crippen molar-refractivity contribution in [2.45, 2.75) is 19.4 Å². The van der Waals surface area contributed by atoms with Crippen LogP contribution in [-0.2, 0) is 0 Å². The van der Waals surface area contributed by atoms with Crippen molar-refractivity contribution in [1.82, 2.24) is 9.55 Å². The quantitative estimate of drug-likeness (QED) is 0.386. The van der Waals surface area contributed by atoms with Gasteiger partial charge in [-0.1, -0.05) is 60.7 Å². The van der Waals surface area contributed by atoms with Crippen LogP contribution in [0.5, 0.6) is 0 Å². The molecule has 1 atom stereocenters. The fraction of sp³-hybridized carbons (Fsp3) is 0.107. The Balaban J connectivity index is 1.35. The Morgan fingerprint density at radius 1 is 0.879 bits per heavy atom. The summed E-state index contributed by atoms with van der Waals surface area (Å²) in [7, 11) is 0. The highest BCUT2D eigenvalue weighted by molar-refractivity contribution is 6.05. The van der Waals surface area contributed by atoms with Crippen molar-refractivity contribution in [3.05, 3.63) is 120 Å². The number of hydrogen-bond acceptors (Lipinski definition) is 3. The lowest BCUT2D eigenvalue weighted by atomic mass is 9.91. The number of allylic oxidation sites excluding steroid dienone is 2. The molecule has 0 saturated carbocycles. The Morgan fingerprint density at radius 3 is 2.21 bits per heavy atom. The first kappa shape index (κ1) is 20.6. The maximum atomic E-state index is 13.2. The van der Waals surface area contributed by atoms with E-state index >= 15 is 0 Å². The van der Waals surface area contributed by atoms with Gasteiger partial charge in [-0.25, -0.2) is 4.98 Å². The molecule has 5 nitrogen and oxygen atoms in total. The molecule has 0 saturated heterocycles. The van der Waals surface area contributed by atoms with E-state index < -0.39 is 0 Å². The number of rotatable bonds is 6. The van der Waals surface area contributed by atoms with Gasteiger partial charge in [0.25, 0.3) is 5.91 Å². The summed E-state index contributed by atoms with van der Waals surface area (Å²) >= 11 is 0. The van der Waals surface area contributed by atoms with Gasteiger partial charge in [0, 0.05) is 23.2 Å². The van der Waals surface area contributed by atoms with E-state index in [9.17, 15) is 9.59 Å². The average molecular weight is 434 g/mol. The third kappa shape index (κ3) is 4.01. The number of aromatic nitrogens is 2. The molecule has 162 valence electrons. The Hall–Kier alpha value is -4.25. The van der Waals surface area contributed by atoms with Crippen LogP contribution >= 0.6 is 0 Å². The molecule has 1 unspecified atom stereocenters. The van der Waals surface area contributed by atoms with Gasteiger partial charge in [0.1, 0.15) is 0 Å². The normalized spacial score (nSPS) is 14.8. The molecule has 4 aromatic rings. The van der Waals surface area contributed by atoms with Gasteiger partial charge in [-0.3, -0.25) is 9.59 Å². The molecule has 5 rings (SSSR count). The standard InChI is InChI=1S/C28H23N3O2/c1-19-25-17-29-18-31(25)24(27(19)21-8-4-2-5-9-21)16-26(32)20-12-14-22(15-13-20)28(33)30-23-10-6-3-7-11-23/h2-15,17-18,24H,16H2,1H3,(H,30,33). The molecule has 0 spiro atoms. The van der Waals surface area contributed by atoms with Crippen molar-refractivity contribution >= 4 is 28.5 Å². The molecule has 1 aliphatic heterocycles. The minimum absolute atomic E-state index is 0.0257. The molecule has 2 heterocycles. The van der Waals surface area contributed by atoms with Gasteiger partial charge in [0.05, 0.1) is 24.3 Å². The Labute approximate surface area is 192 Å². The molecule has 0 bridgehead atoms. The minimum Gasteiger partial charge on any atom is -0.323 e. The second-order valence-electron chi connectivity index (χ2n) is 8.13. The number of imidazole rings is 1. The number of nitrogens with zero attached hydrogens (tertiary/aromatic N) is 2. The van der Waals surface area contributed by atoms with Gasteiger partial charge in [-0.2, -0.15) is 0 Å². The molecule has 1 aliphatic rings. The molecule has 0 fully saturated rings. The summed E-state index contributed by atoms with van der Waals surface area (Å²) in [6, 6.07) is 26.2. The van der Waals surface area contributed by atoms with Gasteiger partial charge >= 0.3 is 0 Å². The third-order valence-corrected chi connectivity index (χ3v) is 6.09. The zero-order valence-electron chi connectivity index (χ0n) is 18.2. The molecule has 0 radical (unpaired) electrons. The highest BCUT2D eigenvalue weighted by Gasteiger charge is 2.31. The largest absolute Gasteiger partial charge is 0.323 e. The van der Waals surface area contributed by atoms with Crippen LogP contribution < -0.4 is 5.32 Å². The van der Waals surface area contributed by atoms with Crippen molar-refractivity contribution in [3.8, 4) is 0 Å².